The molecule has 6 heteroatoms. The minimum Gasteiger partial charge on any atom is -0.479 e. The summed E-state index contributed by atoms with van der Waals surface area (Å²) in [4.78, 5) is 24.2. The van der Waals surface area contributed by atoms with Crippen molar-refractivity contribution in [2.45, 2.75) is 19.1 Å². The zero-order valence-electron chi connectivity index (χ0n) is 10.9. The fourth-order valence-electron chi connectivity index (χ4n) is 1.65. The summed E-state index contributed by atoms with van der Waals surface area (Å²) in [5.74, 6) is -1.13. The molecule has 3 N–H and O–H groups in total. The van der Waals surface area contributed by atoms with Crippen molar-refractivity contribution in [1.82, 2.24) is 10.2 Å². The quantitative estimate of drug-likeness (QED) is 0.736. The topological polar surface area (TPSA) is 89.9 Å². The van der Waals surface area contributed by atoms with Crippen molar-refractivity contribution in [1.29, 1.82) is 0 Å². The molecule has 0 aliphatic rings. The zero-order valence-corrected chi connectivity index (χ0v) is 10.9. The maximum absolute atomic E-state index is 11.8. The lowest BCUT2D eigenvalue weighted by molar-refractivity contribution is -0.139. The molecule has 0 aromatic heterocycles. The molecule has 104 valence electrons. The lowest BCUT2D eigenvalue weighted by Gasteiger charge is -2.22. The molecule has 6 nitrogen and oxygen atoms in total. The van der Waals surface area contributed by atoms with Crippen molar-refractivity contribution < 1.29 is 19.8 Å². The Morgan fingerprint density at radius 2 is 1.89 bits per heavy atom. The lowest BCUT2D eigenvalue weighted by atomic mass is 10.1. The smallest absolute Gasteiger partial charge is 0.330 e. The highest BCUT2D eigenvalue weighted by Crippen LogP contribution is 2.13. The highest BCUT2D eigenvalue weighted by Gasteiger charge is 2.23. The Morgan fingerprint density at radius 1 is 1.32 bits per heavy atom. The number of benzene rings is 1. The lowest BCUT2D eigenvalue weighted by Crippen LogP contribution is -2.44. The first kappa shape index (κ1) is 15.0. The third-order valence-electron chi connectivity index (χ3n) is 2.53. The number of amides is 2. The van der Waals surface area contributed by atoms with Gasteiger partial charge in [-0.25, -0.2) is 9.59 Å². The predicted molar refractivity (Wildman–Crippen MR) is 69.7 cm³/mol. The molecule has 0 spiro atoms. The SMILES string of the molecule is CC(O)CN(C)C(=O)N[C@@H](C(=O)O)c1ccccc1. The van der Waals surface area contributed by atoms with Gasteiger partial charge in [0.2, 0.25) is 0 Å². The van der Waals surface area contributed by atoms with Crippen molar-refractivity contribution >= 4 is 12.0 Å². The van der Waals surface area contributed by atoms with Gasteiger partial charge < -0.3 is 20.4 Å². The zero-order chi connectivity index (χ0) is 14.4. The number of aliphatic hydroxyl groups is 1. The number of urea groups is 1. The number of carbonyl (C=O) groups is 2. The van der Waals surface area contributed by atoms with E-state index in [1.807, 2.05) is 0 Å². The number of likely N-dealkylation sites (N-methyl/N-ethyl adjacent to an activating group) is 1. The van der Waals surface area contributed by atoms with Gasteiger partial charge >= 0.3 is 12.0 Å². The van der Waals surface area contributed by atoms with Gasteiger partial charge in [0, 0.05) is 13.6 Å². The molecule has 0 saturated carbocycles. The molecule has 0 aliphatic carbocycles. The second-order valence-electron chi connectivity index (χ2n) is 4.36. The fourth-order valence-corrected chi connectivity index (χ4v) is 1.65. The first-order valence-electron chi connectivity index (χ1n) is 5.89. The second kappa shape index (κ2) is 6.75. The number of nitrogens with zero attached hydrogens (tertiary/aromatic N) is 1. The summed E-state index contributed by atoms with van der Waals surface area (Å²) in [6, 6.07) is 6.79. The normalized spacial score (nSPS) is 13.4. The summed E-state index contributed by atoms with van der Waals surface area (Å²) in [7, 11) is 1.49. The van der Waals surface area contributed by atoms with Crippen LogP contribution in [0.2, 0.25) is 0 Å². The monoisotopic (exact) mass is 266 g/mol. The Balaban J connectivity index is 2.75. The van der Waals surface area contributed by atoms with Crippen molar-refractivity contribution in [2.24, 2.45) is 0 Å². The van der Waals surface area contributed by atoms with Gasteiger partial charge in [0.25, 0.3) is 0 Å². The van der Waals surface area contributed by atoms with Gasteiger partial charge in [0.1, 0.15) is 0 Å². The Kier molecular flexibility index (Phi) is 5.32. The van der Waals surface area contributed by atoms with Crippen LogP contribution in [0.4, 0.5) is 4.79 Å². The van der Waals surface area contributed by atoms with Crippen LogP contribution >= 0.6 is 0 Å². The van der Waals surface area contributed by atoms with Crippen LogP contribution in [0.1, 0.15) is 18.5 Å². The average Bonchev–Trinajstić information content (AvgIpc) is 2.35. The summed E-state index contributed by atoms with van der Waals surface area (Å²) >= 11 is 0. The summed E-state index contributed by atoms with van der Waals surface area (Å²) in [5, 5.41) is 20.8. The number of hydrogen-bond donors (Lipinski definition) is 3. The molecular weight excluding hydrogens is 248 g/mol. The number of hydrogen-bond acceptors (Lipinski definition) is 3. The fraction of sp³-hybridized carbons (Fsp3) is 0.385. The summed E-state index contributed by atoms with van der Waals surface area (Å²) in [5.41, 5.74) is 0.494. The predicted octanol–water partition coefficient (Wildman–Crippen LogP) is 0.834. The van der Waals surface area contributed by atoms with E-state index >= 15 is 0 Å². The maximum atomic E-state index is 11.8. The Bertz CT molecular complexity index is 434. The molecule has 1 unspecified atom stereocenters. The highest BCUT2D eigenvalue weighted by atomic mass is 16.4. The molecule has 2 atom stereocenters. The van der Waals surface area contributed by atoms with E-state index in [-0.39, 0.29) is 6.54 Å². The van der Waals surface area contributed by atoms with Gasteiger partial charge in [0.05, 0.1) is 6.10 Å². The second-order valence-corrected chi connectivity index (χ2v) is 4.36. The first-order chi connectivity index (χ1) is 8.91. The van der Waals surface area contributed by atoms with Gasteiger partial charge in [-0.15, -0.1) is 0 Å². The number of carboxylic acid groups (broad SMARTS) is 1. The molecule has 1 aromatic rings. The third-order valence-corrected chi connectivity index (χ3v) is 2.53. The number of aliphatic hydroxyl groups excluding tert-OH is 1. The van der Waals surface area contributed by atoms with E-state index in [9.17, 15) is 14.7 Å². The molecule has 19 heavy (non-hydrogen) atoms. The average molecular weight is 266 g/mol. The van der Waals surface area contributed by atoms with Crippen LogP contribution in [0.3, 0.4) is 0 Å². The Hall–Kier alpha value is -2.08. The van der Waals surface area contributed by atoms with Gasteiger partial charge in [-0.3, -0.25) is 0 Å². The molecule has 1 aromatic carbocycles. The number of rotatable bonds is 5. The van der Waals surface area contributed by atoms with E-state index < -0.39 is 24.1 Å². The molecule has 2 amide bonds. The van der Waals surface area contributed by atoms with E-state index in [4.69, 9.17) is 5.11 Å². The molecule has 0 radical (unpaired) electrons. The molecule has 0 aliphatic heterocycles. The van der Waals surface area contributed by atoms with Crippen LogP contribution in [0, 0.1) is 0 Å². The standard InChI is InChI=1S/C13H18N2O4/c1-9(16)8-15(2)13(19)14-11(12(17)18)10-6-4-3-5-7-10/h3-7,9,11,16H,8H2,1-2H3,(H,14,19)(H,17,18)/t9?,11-/m1/s1. The van der Waals surface area contributed by atoms with E-state index in [1.165, 1.54) is 11.9 Å². The van der Waals surface area contributed by atoms with E-state index in [0.29, 0.717) is 5.56 Å². The van der Waals surface area contributed by atoms with Crippen LogP contribution in [0.25, 0.3) is 0 Å². The van der Waals surface area contributed by atoms with Crippen molar-refractivity contribution in [2.75, 3.05) is 13.6 Å². The van der Waals surface area contributed by atoms with Crippen LogP contribution in [0.15, 0.2) is 30.3 Å². The summed E-state index contributed by atoms with van der Waals surface area (Å²) in [6.07, 6.45) is -0.671. The number of carboxylic acids is 1. The van der Waals surface area contributed by atoms with Crippen molar-refractivity contribution in [3.05, 3.63) is 35.9 Å². The van der Waals surface area contributed by atoms with E-state index in [2.05, 4.69) is 5.32 Å². The number of carbonyl (C=O) groups excluding carboxylic acids is 1. The van der Waals surface area contributed by atoms with Crippen molar-refractivity contribution in [3.8, 4) is 0 Å². The number of nitrogens with one attached hydrogen (secondary N) is 1. The van der Waals surface area contributed by atoms with E-state index in [1.54, 1.807) is 37.3 Å². The van der Waals surface area contributed by atoms with E-state index in [0.717, 1.165) is 0 Å². The summed E-state index contributed by atoms with van der Waals surface area (Å²) < 4.78 is 0. The maximum Gasteiger partial charge on any atom is 0.330 e. The molecule has 1 rings (SSSR count). The molecule has 0 saturated heterocycles. The minimum absolute atomic E-state index is 0.132. The summed E-state index contributed by atoms with van der Waals surface area (Å²) in [6.45, 7) is 1.68. The third kappa shape index (κ3) is 4.59. The van der Waals surface area contributed by atoms with Crippen LogP contribution in [-0.2, 0) is 4.79 Å². The number of aliphatic carboxylic acids is 1. The van der Waals surface area contributed by atoms with Crippen LogP contribution in [0.5, 0.6) is 0 Å². The van der Waals surface area contributed by atoms with Gasteiger partial charge in [-0.2, -0.15) is 0 Å². The first-order valence-corrected chi connectivity index (χ1v) is 5.89. The molecule has 0 fully saturated rings. The van der Waals surface area contributed by atoms with Crippen LogP contribution < -0.4 is 5.32 Å². The van der Waals surface area contributed by atoms with Crippen LogP contribution in [-0.4, -0.2) is 46.8 Å². The minimum atomic E-state index is -1.13. The molecule has 0 bridgehead atoms. The Labute approximate surface area is 111 Å². The Morgan fingerprint density at radius 3 is 2.37 bits per heavy atom. The van der Waals surface area contributed by atoms with Gasteiger partial charge in [-0.05, 0) is 12.5 Å². The largest absolute Gasteiger partial charge is 0.479 e. The molecule has 0 heterocycles. The molecular formula is C13H18N2O4. The van der Waals surface area contributed by atoms with Gasteiger partial charge in [0.15, 0.2) is 6.04 Å². The highest BCUT2D eigenvalue weighted by molar-refractivity contribution is 5.83. The van der Waals surface area contributed by atoms with Crippen molar-refractivity contribution in [3.63, 3.8) is 0 Å². The van der Waals surface area contributed by atoms with Gasteiger partial charge in [-0.1, -0.05) is 30.3 Å².